The zero-order valence-electron chi connectivity index (χ0n) is 8.84. The second kappa shape index (κ2) is 3.64. The molecule has 1 unspecified atom stereocenters. The molecule has 86 valence electrons. The van der Waals surface area contributed by atoms with E-state index in [1.165, 1.54) is 0 Å². The number of nitrogens with two attached hydrogens (primary N) is 1. The highest BCUT2D eigenvalue weighted by molar-refractivity contribution is 5.73. The maximum absolute atomic E-state index is 11.0. The van der Waals surface area contributed by atoms with E-state index in [1.807, 2.05) is 12.1 Å². The molecule has 17 heavy (non-hydrogen) atoms. The second-order valence-electron chi connectivity index (χ2n) is 3.80. The lowest BCUT2D eigenvalue weighted by atomic mass is 10.0. The third-order valence-electron chi connectivity index (χ3n) is 2.71. The molecule has 5 nitrogen and oxygen atoms in total. The van der Waals surface area contributed by atoms with Crippen molar-refractivity contribution in [3.8, 4) is 0 Å². The lowest BCUT2D eigenvalue weighted by Gasteiger charge is -2.08. The maximum Gasteiger partial charge on any atom is 0.417 e. The van der Waals surface area contributed by atoms with Gasteiger partial charge in [0, 0.05) is 5.56 Å². The zero-order chi connectivity index (χ0) is 11.8. The van der Waals surface area contributed by atoms with Crippen LogP contribution in [0, 0.1) is 0 Å². The van der Waals surface area contributed by atoms with E-state index in [9.17, 15) is 4.79 Å². The summed E-state index contributed by atoms with van der Waals surface area (Å²) < 4.78 is 9.98. The van der Waals surface area contributed by atoms with Crippen LogP contribution in [-0.2, 0) is 0 Å². The second-order valence-corrected chi connectivity index (χ2v) is 3.80. The first-order valence-electron chi connectivity index (χ1n) is 5.14. The molecule has 0 saturated carbocycles. The summed E-state index contributed by atoms with van der Waals surface area (Å²) in [5, 5.41) is 0. The molecule has 1 atom stereocenters. The fourth-order valence-electron chi connectivity index (χ4n) is 1.80. The normalized spacial score (nSPS) is 13.0. The summed E-state index contributed by atoms with van der Waals surface area (Å²) in [6, 6.07) is 6.90. The summed E-state index contributed by atoms with van der Waals surface area (Å²) in [6.45, 7) is 0. The van der Waals surface area contributed by atoms with Crippen molar-refractivity contribution in [3.63, 3.8) is 0 Å². The number of hydrogen-bond acceptors (Lipinski definition) is 4. The number of furan rings is 1. The van der Waals surface area contributed by atoms with Crippen LogP contribution in [-0.4, -0.2) is 4.98 Å². The summed E-state index contributed by atoms with van der Waals surface area (Å²) in [4.78, 5) is 13.6. The van der Waals surface area contributed by atoms with Crippen molar-refractivity contribution in [2.24, 2.45) is 5.73 Å². The molecule has 0 fully saturated rings. The molecule has 2 aromatic heterocycles. The topological polar surface area (TPSA) is 85.2 Å². The average molecular weight is 230 g/mol. The molecule has 2 heterocycles. The van der Waals surface area contributed by atoms with E-state index in [4.69, 9.17) is 14.6 Å². The van der Waals surface area contributed by atoms with Crippen molar-refractivity contribution in [3.05, 3.63) is 58.5 Å². The van der Waals surface area contributed by atoms with Crippen LogP contribution in [0.15, 0.2) is 50.4 Å². The van der Waals surface area contributed by atoms with E-state index in [-0.39, 0.29) is 6.04 Å². The Morgan fingerprint density at radius 1 is 1.24 bits per heavy atom. The summed E-state index contributed by atoms with van der Waals surface area (Å²) in [5.41, 5.74) is 8.98. The lowest BCUT2D eigenvalue weighted by molar-refractivity contribution is 0.554. The third-order valence-corrected chi connectivity index (χ3v) is 2.71. The van der Waals surface area contributed by atoms with Crippen molar-refractivity contribution >= 4 is 11.1 Å². The number of benzene rings is 1. The van der Waals surface area contributed by atoms with E-state index in [0.717, 1.165) is 11.1 Å². The number of aromatic nitrogens is 1. The van der Waals surface area contributed by atoms with Gasteiger partial charge in [-0.1, -0.05) is 6.07 Å². The number of rotatable bonds is 2. The molecule has 0 amide bonds. The van der Waals surface area contributed by atoms with Gasteiger partial charge in [-0.2, -0.15) is 0 Å². The van der Waals surface area contributed by atoms with E-state index in [1.54, 1.807) is 24.7 Å². The van der Waals surface area contributed by atoms with Crippen molar-refractivity contribution in [1.82, 2.24) is 4.98 Å². The Balaban J connectivity index is 2.08. The van der Waals surface area contributed by atoms with E-state index >= 15 is 0 Å². The zero-order valence-corrected chi connectivity index (χ0v) is 8.84. The highest BCUT2D eigenvalue weighted by Gasteiger charge is 2.11. The van der Waals surface area contributed by atoms with E-state index in [2.05, 4.69) is 4.98 Å². The minimum absolute atomic E-state index is 0.293. The van der Waals surface area contributed by atoms with Gasteiger partial charge in [0.2, 0.25) is 0 Å². The molecule has 3 N–H and O–H groups in total. The molecule has 3 rings (SSSR count). The fourth-order valence-corrected chi connectivity index (χ4v) is 1.80. The Labute approximate surface area is 95.8 Å². The first-order chi connectivity index (χ1) is 8.24. The molecule has 0 aliphatic carbocycles. The van der Waals surface area contributed by atoms with Gasteiger partial charge in [0.15, 0.2) is 5.58 Å². The molecule has 5 heteroatoms. The van der Waals surface area contributed by atoms with Crippen molar-refractivity contribution in [1.29, 1.82) is 0 Å². The molecule has 0 aliphatic rings. The quantitative estimate of drug-likeness (QED) is 0.702. The van der Waals surface area contributed by atoms with Crippen LogP contribution in [0.3, 0.4) is 0 Å². The smallest absolute Gasteiger partial charge is 0.417 e. The third kappa shape index (κ3) is 1.66. The average Bonchev–Trinajstić information content (AvgIpc) is 2.94. The monoisotopic (exact) mass is 230 g/mol. The highest BCUT2D eigenvalue weighted by Crippen LogP contribution is 2.22. The van der Waals surface area contributed by atoms with Gasteiger partial charge in [-0.15, -0.1) is 0 Å². The van der Waals surface area contributed by atoms with Crippen LogP contribution >= 0.6 is 0 Å². The van der Waals surface area contributed by atoms with Crippen LogP contribution in [0.25, 0.3) is 11.1 Å². The largest absolute Gasteiger partial charge is 0.472 e. The van der Waals surface area contributed by atoms with Crippen LogP contribution in [0.1, 0.15) is 17.2 Å². The molecule has 0 radical (unpaired) electrons. The van der Waals surface area contributed by atoms with E-state index in [0.29, 0.717) is 11.1 Å². The number of aromatic amines is 1. The predicted molar refractivity (Wildman–Crippen MR) is 61.6 cm³/mol. The van der Waals surface area contributed by atoms with Gasteiger partial charge in [-0.05, 0) is 23.8 Å². The molecule has 0 saturated heterocycles. The standard InChI is InChI=1S/C12H10N2O3/c13-11(8-3-4-16-6-8)7-1-2-9-10(5-7)17-12(15)14-9/h1-6,11H,13H2,(H,14,15). The van der Waals surface area contributed by atoms with Crippen LogP contribution in [0.5, 0.6) is 0 Å². The predicted octanol–water partition coefficient (Wildman–Crippen LogP) is 1.76. The molecule has 0 spiro atoms. The van der Waals surface area contributed by atoms with Crippen molar-refractivity contribution < 1.29 is 8.83 Å². The van der Waals surface area contributed by atoms with Gasteiger partial charge in [-0.3, -0.25) is 4.98 Å². The van der Waals surface area contributed by atoms with Gasteiger partial charge in [0.1, 0.15) is 0 Å². The summed E-state index contributed by atoms with van der Waals surface area (Å²) in [5.74, 6) is -0.464. The van der Waals surface area contributed by atoms with Crippen LogP contribution in [0.4, 0.5) is 0 Å². The summed E-state index contributed by atoms with van der Waals surface area (Å²) in [6.07, 6.45) is 3.17. The maximum atomic E-state index is 11.0. The summed E-state index contributed by atoms with van der Waals surface area (Å²) in [7, 11) is 0. The fraction of sp³-hybridized carbons (Fsp3) is 0.0833. The number of H-pyrrole nitrogens is 1. The van der Waals surface area contributed by atoms with Gasteiger partial charge in [0.05, 0.1) is 24.1 Å². The SMILES string of the molecule is NC(c1ccoc1)c1ccc2[nH]c(=O)oc2c1. The first kappa shape index (κ1) is 9.92. The Morgan fingerprint density at radius 3 is 2.88 bits per heavy atom. The van der Waals surface area contributed by atoms with Crippen LogP contribution in [0.2, 0.25) is 0 Å². The minimum Gasteiger partial charge on any atom is -0.472 e. The number of nitrogens with one attached hydrogen (secondary N) is 1. The Hall–Kier alpha value is -2.27. The number of hydrogen-bond donors (Lipinski definition) is 2. The van der Waals surface area contributed by atoms with Crippen molar-refractivity contribution in [2.45, 2.75) is 6.04 Å². The number of oxazole rings is 1. The summed E-state index contributed by atoms with van der Waals surface area (Å²) >= 11 is 0. The molecular weight excluding hydrogens is 220 g/mol. The van der Waals surface area contributed by atoms with Crippen LogP contribution < -0.4 is 11.5 Å². The Kier molecular flexibility index (Phi) is 2.12. The van der Waals surface area contributed by atoms with Gasteiger partial charge < -0.3 is 14.6 Å². The van der Waals surface area contributed by atoms with E-state index < -0.39 is 5.76 Å². The van der Waals surface area contributed by atoms with Gasteiger partial charge >= 0.3 is 5.76 Å². The lowest BCUT2D eigenvalue weighted by Crippen LogP contribution is -2.10. The molecule has 0 bridgehead atoms. The van der Waals surface area contributed by atoms with Gasteiger partial charge in [0.25, 0.3) is 0 Å². The highest BCUT2D eigenvalue weighted by atomic mass is 16.4. The Morgan fingerprint density at radius 2 is 2.12 bits per heavy atom. The van der Waals surface area contributed by atoms with Gasteiger partial charge in [-0.25, -0.2) is 4.79 Å². The molecule has 1 aromatic carbocycles. The number of fused-ring (bicyclic) bond motifs is 1. The Bertz CT molecular complexity index is 694. The molecule has 3 aromatic rings. The minimum atomic E-state index is -0.464. The molecular formula is C12H10N2O3. The first-order valence-corrected chi connectivity index (χ1v) is 5.14. The van der Waals surface area contributed by atoms with Crippen molar-refractivity contribution in [2.75, 3.05) is 0 Å². The molecule has 0 aliphatic heterocycles.